The Bertz CT molecular complexity index is 568. The van der Waals surface area contributed by atoms with Crippen molar-refractivity contribution in [3.63, 3.8) is 0 Å². The van der Waals surface area contributed by atoms with Gasteiger partial charge in [-0.15, -0.1) is 0 Å². The van der Waals surface area contributed by atoms with E-state index < -0.39 is 18.2 Å². The molecule has 3 aliphatic heterocycles. The molecular formula is C21H32O7. The average Bonchev–Trinajstić information content (AvgIpc) is 3.26. The van der Waals surface area contributed by atoms with Crippen molar-refractivity contribution in [3.05, 3.63) is 35.9 Å². The van der Waals surface area contributed by atoms with E-state index in [9.17, 15) is 0 Å². The van der Waals surface area contributed by atoms with Gasteiger partial charge in [0.1, 0.15) is 12.2 Å². The molecule has 3 aliphatic rings. The molecule has 7 heteroatoms. The summed E-state index contributed by atoms with van der Waals surface area (Å²) < 4.78 is 27.8. The smallest absolute Gasteiger partial charge is 0.187 e. The SMILES string of the molecule is CC1(C)O[C@H]2O[C@H](COCc3ccccc3)C[C@H]2O1.CC[C@@H]1C[C@@H](O)C(O)O1. The van der Waals surface area contributed by atoms with Crippen LogP contribution in [-0.4, -0.2) is 59.6 Å². The quantitative estimate of drug-likeness (QED) is 0.790. The second-order valence-electron chi connectivity index (χ2n) is 7.90. The molecule has 3 saturated heterocycles. The molecule has 7 nitrogen and oxygen atoms in total. The van der Waals surface area contributed by atoms with Crippen molar-refractivity contribution >= 4 is 0 Å². The summed E-state index contributed by atoms with van der Waals surface area (Å²) in [6.07, 6.45) is 0.560. The molecule has 0 aliphatic carbocycles. The van der Waals surface area contributed by atoms with Gasteiger partial charge in [-0.25, -0.2) is 0 Å². The van der Waals surface area contributed by atoms with Crippen LogP contribution in [0.1, 0.15) is 45.6 Å². The molecule has 0 spiro atoms. The van der Waals surface area contributed by atoms with Crippen LogP contribution in [0.25, 0.3) is 0 Å². The Morgan fingerprint density at radius 1 is 1.04 bits per heavy atom. The van der Waals surface area contributed by atoms with E-state index in [1.807, 2.05) is 39.0 Å². The minimum Gasteiger partial charge on any atom is -0.388 e. The first kappa shape index (κ1) is 21.6. The van der Waals surface area contributed by atoms with Gasteiger partial charge in [0.05, 0.1) is 25.4 Å². The van der Waals surface area contributed by atoms with Crippen molar-refractivity contribution in [2.24, 2.45) is 0 Å². The number of ether oxygens (including phenoxy) is 5. The van der Waals surface area contributed by atoms with Crippen LogP contribution < -0.4 is 0 Å². The van der Waals surface area contributed by atoms with Gasteiger partial charge in [-0.05, 0) is 25.8 Å². The lowest BCUT2D eigenvalue weighted by molar-refractivity contribution is -0.209. The number of aliphatic hydroxyl groups excluding tert-OH is 2. The van der Waals surface area contributed by atoms with Gasteiger partial charge in [-0.1, -0.05) is 37.3 Å². The first-order chi connectivity index (χ1) is 13.4. The molecule has 158 valence electrons. The number of hydrogen-bond donors (Lipinski definition) is 2. The van der Waals surface area contributed by atoms with E-state index >= 15 is 0 Å². The molecule has 0 amide bonds. The Morgan fingerprint density at radius 3 is 2.36 bits per heavy atom. The molecule has 6 atom stereocenters. The Labute approximate surface area is 166 Å². The average molecular weight is 396 g/mol. The van der Waals surface area contributed by atoms with Crippen LogP contribution in [0, 0.1) is 0 Å². The highest BCUT2D eigenvalue weighted by Crippen LogP contribution is 2.37. The van der Waals surface area contributed by atoms with Crippen molar-refractivity contribution in [1.29, 1.82) is 0 Å². The highest BCUT2D eigenvalue weighted by Gasteiger charge is 2.48. The molecule has 3 fully saturated rings. The maximum Gasteiger partial charge on any atom is 0.187 e. The van der Waals surface area contributed by atoms with Crippen LogP contribution in [0.2, 0.25) is 0 Å². The number of aliphatic hydroxyl groups is 2. The summed E-state index contributed by atoms with van der Waals surface area (Å²) in [4.78, 5) is 0. The van der Waals surface area contributed by atoms with E-state index in [-0.39, 0.29) is 24.6 Å². The highest BCUT2D eigenvalue weighted by atomic mass is 16.8. The summed E-state index contributed by atoms with van der Waals surface area (Å²) in [6, 6.07) is 10.1. The monoisotopic (exact) mass is 396 g/mol. The normalized spacial score (nSPS) is 36.0. The van der Waals surface area contributed by atoms with E-state index in [1.165, 1.54) is 5.56 Å². The predicted octanol–water partition coefficient (Wildman–Crippen LogP) is 2.33. The third-order valence-electron chi connectivity index (χ3n) is 5.00. The molecule has 28 heavy (non-hydrogen) atoms. The Kier molecular flexibility index (Phi) is 7.44. The van der Waals surface area contributed by atoms with Gasteiger partial charge in [0.2, 0.25) is 0 Å². The molecule has 0 saturated carbocycles. The molecular weight excluding hydrogens is 364 g/mol. The van der Waals surface area contributed by atoms with Crippen molar-refractivity contribution < 1.29 is 33.9 Å². The number of fused-ring (bicyclic) bond motifs is 1. The maximum absolute atomic E-state index is 8.92. The zero-order valence-corrected chi connectivity index (χ0v) is 16.8. The fraction of sp³-hybridized carbons (Fsp3) is 0.714. The third kappa shape index (κ3) is 5.97. The Balaban J connectivity index is 0.000000211. The van der Waals surface area contributed by atoms with Crippen LogP contribution >= 0.6 is 0 Å². The first-order valence-corrected chi connectivity index (χ1v) is 10.0. The lowest BCUT2D eigenvalue weighted by atomic mass is 10.2. The van der Waals surface area contributed by atoms with Crippen LogP contribution in [0.4, 0.5) is 0 Å². The summed E-state index contributed by atoms with van der Waals surface area (Å²) in [6.45, 7) is 6.99. The Hall–Kier alpha value is -1.06. The largest absolute Gasteiger partial charge is 0.388 e. The topological polar surface area (TPSA) is 86.6 Å². The molecule has 2 N–H and O–H groups in total. The summed E-state index contributed by atoms with van der Waals surface area (Å²) in [5, 5.41) is 17.8. The van der Waals surface area contributed by atoms with Gasteiger partial charge < -0.3 is 33.9 Å². The molecule has 0 aromatic heterocycles. The van der Waals surface area contributed by atoms with Crippen LogP contribution in [0.3, 0.4) is 0 Å². The van der Waals surface area contributed by atoms with E-state index in [1.54, 1.807) is 0 Å². The molecule has 0 bridgehead atoms. The minimum absolute atomic E-state index is 0.0420. The van der Waals surface area contributed by atoms with Gasteiger partial charge in [0, 0.05) is 12.8 Å². The van der Waals surface area contributed by atoms with E-state index in [2.05, 4.69) is 12.1 Å². The second-order valence-corrected chi connectivity index (χ2v) is 7.90. The second kappa shape index (κ2) is 9.63. The van der Waals surface area contributed by atoms with Crippen molar-refractivity contribution in [3.8, 4) is 0 Å². The fourth-order valence-electron chi connectivity index (χ4n) is 3.56. The van der Waals surface area contributed by atoms with Crippen LogP contribution in [0.5, 0.6) is 0 Å². The summed E-state index contributed by atoms with van der Waals surface area (Å²) in [5.41, 5.74) is 1.18. The van der Waals surface area contributed by atoms with E-state index in [0.717, 1.165) is 12.8 Å². The van der Waals surface area contributed by atoms with E-state index in [4.69, 9.17) is 33.9 Å². The van der Waals surface area contributed by atoms with Gasteiger partial charge in [0.25, 0.3) is 0 Å². The van der Waals surface area contributed by atoms with E-state index in [0.29, 0.717) is 19.6 Å². The lowest BCUT2D eigenvalue weighted by Crippen LogP contribution is -2.26. The van der Waals surface area contributed by atoms with Crippen molar-refractivity contribution in [2.45, 2.75) is 89.4 Å². The van der Waals surface area contributed by atoms with Gasteiger partial charge >= 0.3 is 0 Å². The Morgan fingerprint density at radius 2 is 1.79 bits per heavy atom. The number of hydrogen-bond acceptors (Lipinski definition) is 7. The minimum atomic E-state index is -0.949. The molecule has 1 aromatic carbocycles. The highest BCUT2D eigenvalue weighted by molar-refractivity contribution is 5.13. The zero-order valence-electron chi connectivity index (χ0n) is 16.8. The number of benzene rings is 1. The molecule has 1 aromatic rings. The lowest BCUT2D eigenvalue weighted by Gasteiger charge is -2.20. The van der Waals surface area contributed by atoms with Gasteiger partial charge in [0.15, 0.2) is 18.4 Å². The molecule has 1 unspecified atom stereocenters. The van der Waals surface area contributed by atoms with Crippen LogP contribution in [-0.2, 0) is 30.3 Å². The van der Waals surface area contributed by atoms with Gasteiger partial charge in [-0.3, -0.25) is 0 Å². The first-order valence-electron chi connectivity index (χ1n) is 10.0. The third-order valence-corrected chi connectivity index (χ3v) is 5.00. The molecule has 0 radical (unpaired) electrons. The van der Waals surface area contributed by atoms with Crippen LogP contribution in [0.15, 0.2) is 30.3 Å². The standard InChI is InChI=1S/C15H20O4.C6H12O3/c1-15(2)18-13-8-12(17-14(13)19-15)10-16-9-11-6-4-3-5-7-11;1-2-4-3-5(7)6(8)9-4/h3-7,12-14H,8-10H2,1-2H3;4-8H,2-3H2,1H3/t12-,13+,14+;4-,5-,6?/m01/s1. The summed E-state index contributed by atoms with van der Waals surface area (Å²) in [7, 11) is 0. The van der Waals surface area contributed by atoms with Crippen molar-refractivity contribution in [1.82, 2.24) is 0 Å². The summed E-state index contributed by atoms with van der Waals surface area (Å²) >= 11 is 0. The molecule has 3 heterocycles. The van der Waals surface area contributed by atoms with Gasteiger partial charge in [-0.2, -0.15) is 0 Å². The number of rotatable bonds is 5. The maximum atomic E-state index is 8.92. The zero-order chi connectivity index (χ0) is 20.1. The fourth-order valence-corrected chi connectivity index (χ4v) is 3.56. The summed E-state index contributed by atoms with van der Waals surface area (Å²) in [5.74, 6) is -0.523. The predicted molar refractivity (Wildman–Crippen MR) is 101 cm³/mol. The van der Waals surface area contributed by atoms with Crippen molar-refractivity contribution in [2.75, 3.05) is 6.61 Å². The molecule has 4 rings (SSSR count).